The fraction of sp³-hybridized carbons (Fsp3) is 0.118. The third kappa shape index (κ3) is 3.74. The molecular formula is C17H14N2O2S3. The van der Waals surface area contributed by atoms with E-state index in [4.69, 9.17) is 5.26 Å². The van der Waals surface area contributed by atoms with Gasteiger partial charge in [0.2, 0.25) is 10.0 Å². The van der Waals surface area contributed by atoms with Crippen LogP contribution in [0, 0.1) is 11.3 Å². The number of nitrogens with zero attached hydrogens (tertiary/aromatic N) is 2. The minimum Gasteiger partial charge on any atom is -0.207 e. The molecule has 1 aromatic carbocycles. The summed E-state index contributed by atoms with van der Waals surface area (Å²) in [6.45, 7) is 0.628. The van der Waals surface area contributed by atoms with Crippen LogP contribution in [-0.2, 0) is 23.1 Å². The standard InChI is InChI=1S/C17H14N2O2S3/c18-11-14-4-1-7-17(10-14)24(20,21)19(12-15-5-2-8-22-15)13-16-6-3-9-23-16/h1-10H,12-13H2. The van der Waals surface area contributed by atoms with Crippen LogP contribution in [0.25, 0.3) is 0 Å². The SMILES string of the molecule is N#Cc1cccc(S(=O)(=O)N(Cc2cccs2)Cc2cccs2)c1. The number of rotatable bonds is 6. The average Bonchev–Trinajstić information content (AvgIpc) is 3.28. The molecule has 3 rings (SSSR count). The molecule has 24 heavy (non-hydrogen) atoms. The van der Waals surface area contributed by atoms with Crippen LogP contribution in [0.5, 0.6) is 0 Å². The van der Waals surface area contributed by atoms with Gasteiger partial charge >= 0.3 is 0 Å². The van der Waals surface area contributed by atoms with Gasteiger partial charge in [-0.3, -0.25) is 0 Å². The van der Waals surface area contributed by atoms with E-state index < -0.39 is 10.0 Å². The molecule has 3 aromatic rings. The lowest BCUT2D eigenvalue weighted by Crippen LogP contribution is -2.29. The topological polar surface area (TPSA) is 61.2 Å². The van der Waals surface area contributed by atoms with Crippen molar-refractivity contribution in [1.29, 1.82) is 5.26 Å². The van der Waals surface area contributed by atoms with E-state index >= 15 is 0 Å². The minimum absolute atomic E-state index is 0.148. The van der Waals surface area contributed by atoms with Crippen LogP contribution in [0.1, 0.15) is 15.3 Å². The third-order valence-electron chi connectivity index (χ3n) is 3.43. The Kier molecular flexibility index (Phi) is 5.11. The first-order valence-corrected chi connectivity index (χ1v) is 10.3. The zero-order valence-corrected chi connectivity index (χ0v) is 15.1. The molecule has 4 nitrogen and oxygen atoms in total. The van der Waals surface area contributed by atoms with Gasteiger partial charge in [-0.05, 0) is 41.1 Å². The van der Waals surface area contributed by atoms with Gasteiger partial charge in [0.1, 0.15) is 0 Å². The second-order valence-corrected chi connectivity index (χ2v) is 9.07. The van der Waals surface area contributed by atoms with Crippen LogP contribution < -0.4 is 0 Å². The van der Waals surface area contributed by atoms with Gasteiger partial charge in [-0.1, -0.05) is 18.2 Å². The highest BCUT2D eigenvalue weighted by molar-refractivity contribution is 7.89. The Hall–Kier alpha value is -1.98. The lowest BCUT2D eigenvalue weighted by molar-refractivity contribution is 0.407. The monoisotopic (exact) mass is 374 g/mol. The van der Waals surface area contributed by atoms with Crippen molar-refractivity contribution in [1.82, 2.24) is 4.31 Å². The van der Waals surface area contributed by atoms with Crippen LogP contribution in [-0.4, -0.2) is 12.7 Å². The van der Waals surface area contributed by atoms with Crippen LogP contribution in [0.15, 0.2) is 64.2 Å². The summed E-state index contributed by atoms with van der Waals surface area (Å²) >= 11 is 3.06. The quantitative estimate of drug-likeness (QED) is 0.653. The molecule has 0 bridgehead atoms. The van der Waals surface area contributed by atoms with Gasteiger partial charge in [-0.2, -0.15) is 9.57 Å². The summed E-state index contributed by atoms with van der Waals surface area (Å²) in [6.07, 6.45) is 0. The summed E-state index contributed by atoms with van der Waals surface area (Å²) in [5.41, 5.74) is 0.336. The minimum atomic E-state index is -3.69. The highest BCUT2D eigenvalue weighted by Crippen LogP contribution is 2.24. The van der Waals surface area contributed by atoms with E-state index in [1.807, 2.05) is 41.1 Å². The summed E-state index contributed by atoms with van der Waals surface area (Å²) in [4.78, 5) is 2.10. The van der Waals surface area contributed by atoms with E-state index in [1.165, 1.54) is 39.1 Å². The molecule has 7 heteroatoms. The van der Waals surface area contributed by atoms with Gasteiger partial charge in [0.25, 0.3) is 0 Å². The van der Waals surface area contributed by atoms with E-state index in [9.17, 15) is 8.42 Å². The smallest absolute Gasteiger partial charge is 0.207 e. The molecule has 0 fully saturated rings. The Morgan fingerprint density at radius 3 is 2.08 bits per heavy atom. The van der Waals surface area contributed by atoms with Gasteiger partial charge < -0.3 is 0 Å². The largest absolute Gasteiger partial charge is 0.243 e. The number of nitriles is 1. The predicted octanol–water partition coefficient (Wildman–Crippen LogP) is 4.07. The predicted molar refractivity (Wildman–Crippen MR) is 96.2 cm³/mol. The second-order valence-electron chi connectivity index (χ2n) is 5.07. The Morgan fingerprint density at radius 1 is 0.958 bits per heavy atom. The van der Waals surface area contributed by atoms with Crippen molar-refractivity contribution in [3.05, 3.63) is 74.6 Å². The molecule has 2 aromatic heterocycles. The lowest BCUT2D eigenvalue weighted by atomic mass is 10.2. The molecule has 0 saturated carbocycles. The molecule has 2 heterocycles. The summed E-state index contributed by atoms with van der Waals surface area (Å²) in [6, 6.07) is 15.8. The van der Waals surface area contributed by atoms with Crippen molar-refractivity contribution in [3.63, 3.8) is 0 Å². The molecule has 0 saturated heterocycles. The van der Waals surface area contributed by atoms with Gasteiger partial charge in [0.15, 0.2) is 0 Å². The Bertz CT molecular complexity index is 904. The van der Waals surface area contributed by atoms with Crippen LogP contribution >= 0.6 is 22.7 Å². The third-order valence-corrected chi connectivity index (χ3v) is 6.94. The highest BCUT2D eigenvalue weighted by Gasteiger charge is 2.26. The van der Waals surface area contributed by atoms with Gasteiger partial charge in [-0.25, -0.2) is 8.42 Å². The number of benzene rings is 1. The normalized spacial score (nSPS) is 11.5. The second kappa shape index (κ2) is 7.28. The molecule has 122 valence electrons. The number of thiophene rings is 2. The summed E-state index contributed by atoms with van der Waals surface area (Å²) in [7, 11) is -3.69. The first kappa shape index (κ1) is 16.9. The Morgan fingerprint density at radius 2 is 1.58 bits per heavy atom. The zero-order valence-electron chi connectivity index (χ0n) is 12.6. The van der Waals surface area contributed by atoms with E-state index in [1.54, 1.807) is 12.1 Å². The van der Waals surface area contributed by atoms with Gasteiger partial charge in [-0.15, -0.1) is 22.7 Å². The van der Waals surface area contributed by atoms with Crippen LogP contribution in [0.4, 0.5) is 0 Å². The molecule has 0 aliphatic rings. The lowest BCUT2D eigenvalue weighted by Gasteiger charge is -2.21. The summed E-state index contributed by atoms with van der Waals surface area (Å²) in [5.74, 6) is 0. The van der Waals surface area contributed by atoms with Gasteiger partial charge in [0.05, 0.1) is 16.5 Å². The molecule has 0 aliphatic heterocycles. The van der Waals surface area contributed by atoms with Crippen LogP contribution in [0.2, 0.25) is 0 Å². The number of hydrogen-bond donors (Lipinski definition) is 0. The van der Waals surface area contributed by atoms with E-state index in [2.05, 4.69) is 0 Å². The molecule has 0 spiro atoms. The maximum atomic E-state index is 13.1. The fourth-order valence-corrected chi connectivity index (χ4v) is 5.30. The first-order chi connectivity index (χ1) is 11.6. The van der Waals surface area contributed by atoms with Crippen molar-refractivity contribution >= 4 is 32.7 Å². The van der Waals surface area contributed by atoms with Crippen molar-refractivity contribution < 1.29 is 8.42 Å². The summed E-state index contributed by atoms with van der Waals surface area (Å²) in [5, 5.41) is 12.9. The number of sulfonamides is 1. The maximum Gasteiger partial charge on any atom is 0.243 e. The zero-order chi connectivity index (χ0) is 17.0. The molecular weight excluding hydrogens is 360 g/mol. The van der Waals surface area contributed by atoms with Crippen molar-refractivity contribution in [2.45, 2.75) is 18.0 Å². The van der Waals surface area contributed by atoms with Gasteiger partial charge in [0, 0.05) is 22.8 Å². The highest BCUT2D eigenvalue weighted by atomic mass is 32.2. The maximum absolute atomic E-state index is 13.1. The van der Waals surface area contributed by atoms with E-state index in [0.29, 0.717) is 18.7 Å². The molecule has 0 amide bonds. The Labute approximate surface area is 149 Å². The first-order valence-electron chi connectivity index (χ1n) is 7.14. The molecule has 0 aliphatic carbocycles. The van der Waals surface area contributed by atoms with Crippen molar-refractivity contribution in [2.24, 2.45) is 0 Å². The van der Waals surface area contributed by atoms with Crippen molar-refractivity contribution in [3.8, 4) is 6.07 Å². The summed E-state index contributed by atoms with van der Waals surface area (Å²) < 4.78 is 27.6. The van der Waals surface area contributed by atoms with Crippen LogP contribution in [0.3, 0.4) is 0 Å². The molecule has 0 N–H and O–H groups in total. The number of hydrogen-bond acceptors (Lipinski definition) is 5. The molecule has 0 unspecified atom stereocenters. The Balaban J connectivity index is 1.97. The fourth-order valence-electron chi connectivity index (χ4n) is 2.25. The van der Waals surface area contributed by atoms with Crippen molar-refractivity contribution in [2.75, 3.05) is 0 Å². The average molecular weight is 375 g/mol. The van der Waals surface area contributed by atoms with E-state index in [-0.39, 0.29) is 4.90 Å². The molecule has 0 atom stereocenters. The molecule has 0 radical (unpaired) electrons. The van der Waals surface area contributed by atoms with E-state index in [0.717, 1.165) is 9.75 Å².